The van der Waals surface area contributed by atoms with Crippen molar-refractivity contribution >= 4 is 44.7 Å². The zero-order chi connectivity index (χ0) is 14.2. The van der Waals surface area contributed by atoms with E-state index >= 15 is 0 Å². The molecule has 2 aromatic rings. The van der Waals surface area contributed by atoms with Gasteiger partial charge < -0.3 is 5.73 Å². The second kappa shape index (κ2) is 4.92. The van der Waals surface area contributed by atoms with Crippen molar-refractivity contribution in [1.29, 1.82) is 0 Å². The van der Waals surface area contributed by atoms with Gasteiger partial charge in [-0.1, -0.05) is 23.2 Å². The van der Waals surface area contributed by atoms with Gasteiger partial charge in [-0.05, 0) is 12.1 Å². The van der Waals surface area contributed by atoms with Crippen LogP contribution in [0.5, 0.6) is 0 Å². The Kier molecular flexibility index (Phi) is 3.62. The van der Waals surface area contributed by atoms with Crippen LogP contribution in [0.3, 0.4) is 0 Å². The summed E-state index contributed by atoms with van der Waals surface area (Å²) in [6.07, 6.45) is 1.46. The van der Waals surface area contributed by atoms with E-state index in [1.54, 1.807) is 7.05 Å². The third-order valence-corrected chi connectivity index (χ3v) is 4.62. The lowest BCUT2D eigenvalue weighted by Gasteiger charge is -2.11. The fourth-order valence-electron chi connectivity index (χ4n) is 1.50. The van der Waals surface area contributed by atoms with Gasteiger partial charge in [-0.15, -0.1) is 0 Å². The summed E-state index contributed by atoms with van der Waals surface area (Å²) in [5.74, 6) is 0.295. The molecule has 0 atom stereocenters. The number of benzene rings is 1. The molecule has 2 rings (SSSR count). The van der Waals surface area contributed by atoms with Crippen LogP contribution in [0.4, 0.5) is 11.5 Å². The van der Waals surface area contributed by atoms with Crippen molar-refractivity contribution in [2.75, 3.05) is 10.5 Å². The summed E-state index contributed by atoms with van der Waals surface area (Å²) in [4.78, 5) is -0.216. The van der Waals surface area contributed by atoms with Gasteiger partial charge in [0.15, 0.2) is 0 Å². The van der Waals surface area contributed by atoms with E-state index in [-0.39, 0.29) is 20.6 Å². The molecule has 0 bridgehead atoms. The average Bonchev–Trinajstić information content (AvgIpc) is 2.61. The van der Waals surface area contributed by atoms with Crippen LogP contribution < -0.4 is 10.5 Å². The van der Waals surface area contributed by atoms with Crippen LogP contribution in [0.2, 0.25) is 10.0 Å². The number of anilines is 2. The third kappa shape index (κ3) is 2.78. The Labute approximate surface area is 120 Å². The molecule has 0 aliphatic rings. The monoisotopic (exact) mass is 320 g/mol. The molecule has 0 radical (unpaired) electrons. The van der Waals surface area contributed by atoms with Gasteiger partial charge in [0.25, 0.3) is 10.0 Å². The van der Waals surface area contributed by atoms with Gasteiger partial charge >= 0.3 is 0 Å². The number of sulfonamides is 1. The number of nitrogens with one attached hydrogen (secondary N) is 1. The molecule has 0 aliphatic heterocycles. The third-order valence-electron chi connectivity index (χ3n) is 2.35. The summed E-state index contributed by atoms with van der Waals surface area (Å²) in [6.45, 7) is 0. The van der Waals surface area contributed by atoms with Gasteiger partial charge in [0, 0.05) is 18.8 Å². The van der Waals surface area contributed by atoms with E-state index in [0.29, 0.717) is 5.82 Å². The lowest BCUT2D eigenvalue weighted by molar-refractivity contribution is 0.600. The first kappa shape index (κ1) is 14.0. The molecule has 102 valence electrons. The molecule has 1 aromatic heterocycles. The molecule has 0 saturated heterocycles. The Morgan fingerprint density at radius 3 is 2.37 bits per heavy atom. The fraction of sp³-hybridized carbons (Fsp3) is 0.100. The minimum atomic E-state index is -3.91. The highest BCUT2D eigenvalue weighted by molar-refractivity contribution is 7.93. The van der Waals surface area contributed by atoms with Crippen molar-refractivity contribution in [2.24, 2.45) is 7.05 Å². The Morgan fingerprint density at radius 1 is 1.32 bits per heavy atom. The maximum Gasteiger partial charge on any atom is 0.266 e. The maximum absolute atomic E-state index is 12.2. The highest BCUT2D eigenvalue weighted by Gasteiger charge is 2.23. The summed E-state index contributed by atoms with van der Waals surface area (Å²) in [6, 6.07) is 4.16. The minimum absolute atomic E-state index is 0.0420. The van der Waals surface area contributed by atoms with Gasteiger partial charge in [0.2, 0.25) is 0 Å². The van der Waals surface area contributed by atoms with Crippen molar-refractivity contribution in [2.45, 2.75) is 4.90 Å². The zero-order valence-corrected chi connectivity index (χ0v) is 12.1. The minimum Gasteiger partial charge on any atom is -0.399 e. The molecule has 1 aromatic carbocycles. The molecule has 0 aliphatic carbocycles. The van der Waals surface area contributed by atoms with E-state index < -0.39 is 10.0 Å². The summed E-state index contributed by atoms with van der Waals surface area (Å²) < 4.78 is 28.2. The molecular weight excluding hydrogens is 311 g/mol. The van der Waals surface area contributed by atoms with E-state index in [2.05, 4.69) is 9.82 Å². The summed E-state index contributed by atoms with van der Waals surface area (Å²) in [5, 5.41) is 3.77. The first-order valence-corrected chi connectivity index (χ1v) is 7.30. The summed E-state index contributed by atoms with van der Waals surface area (Å²) in [5.41, 5.74) is 5.82. The molecule has 0 saturated carbocycles. The first-order chi connectivity index (χ1) is 8.81. The quantitative estimate of drug-likeness (QED) is 0.847. The van der Waals surface area contributed by atoms with Gasteiger partial charge in [-0.3, -0.25) is 9.40 Å². The van der Waals surface area contributed by atoms with E-state index in [4.69, 9.17) is 28.9 Å². The zero-order valence-electron chi connectivity index (χ0n) is 9.76. The topological polar surface area (TPSA) is 90.0 Å². The molecule has 0 spiro atoms. The Bertz CT molecular complexity index is 704. The highest BCUT2D eigenvalue weighted by Crippen LogP contribution is 2.32. The number of hydrogen-bond acceptors (Lipinski definition) is 4. The predicted molar refractivity (Wildman–Crippen MR) is 74.9 cm³/mol. The van der Waals surface area contributed by atoms with Crippen molar-refractivity contribution in [3.8, 4) is 0 Å². The number of aromatic nitrogens is 2. The molecule has 3 N–H and O–H groups in total. The van der Waals surface area contributed by atoms with Crippen LogP contribution in [-0.4, -0.2) is 18.2 Å². The Hall–Kier alpha value is -1.44. The first-order valence-electron chi connectivity index (χ1n) is 5.06. The number of aryl methyl sites for hydroxylation is 1. The number of nitrogen functional groups attached to an aromatic ring is 1. The molecule has 19 heavy (non-hydrogen) atoms. The van der Waals surface area contributed by atoms with Crippen LogP contribution >= 0.6 is 23.2 Å². The smallest absolute Gasteiger partial charge is 0.266 e. The number of nitrogens with zero attached hydrogens (tertiary/aromatic N) is 2. The normalized spacial score (nSPS) is 11.5. The maximum atomic E-state index is 12.2. The van der Waals surface area contributed by atoms with Crippen LogP contribution in [0, 0.1) is 0 Å². The molecule has 1 heterocycles. The van der Waals surface area contributed by atoms with Crippen LogP contribution in [-0.2, 0) is 17.1 Å². The van der Waals surface area contributed by atoms with Crippen molar-refractivity contribution in [3.05, 3.63) is 34.4 Å². The molecule has 6 nitrogen and oxygen atoms in total. The fourth-order valence-corrected chi connectivity index (χ4v) is 3.82. The summed E-state index contributed by atoms with van der Waals surface area (Å²) in [7, 11) is -2.31. The highest BCUT2D eigenvalue weighted by atomic mass is 35.5. The second-order valence-electron chi connectivity index (χ2n) is 3.76. The number of rotatable bonds is 3. The van der Waals surface area contributed by atoms with E-state index in [1.165, 1.54) is 29.1 Å². The molecule has 9 heteroatoms. The van der Waals surface area contributed by atoms with Crippen molar-refractivity contribution in [3.63, 3.8) is 0 Å². The SMILES string of the molecule is Cn1nccc1NS(=O)(=O)c1c(Cl)cc(N)cc1Cl. The Morgan fingerprint density at radius 2 is 1.89 bits per heavy atom. The van der Waals surface area contributed by atoms with Crippen molar-refractivity contribution in [1.82, 2.24) is 9.78 Å². The van der Waals surface area contributed by atoms with Crippen molar-refractivity contribution < 1.29 is 8.42 Å². The standard InChI is InChI=1S/C10H10Cl2N4O2S/c1-16-9(2-3-14-16)15-19(17,18)10-7(11)4-6(13)5-8(10)12/h2-5,15H,13H2,1H3. The molecular formula is C10H10Cl2N4O2S. The van der Waals surface area contributed by atoms with E-state index in [9.17, 15) is 8.42 Å². The molecule has 0 unspecified atom stereocenters. The van der Waals surface area contributed by atoms with Gasteiger partial charge in [0.1, 0.15) is 10.7 Å². The number of hydrogen-bond donors (Lipinski definition) is 2. The molecule has 0 fully saturated rings. The van der Waals surface area contributed by atoms with Gasteiger partial charge in [0.05, 0.1) is 16.2 Å². The predicted octanol–water partition coefficient (Wildman–Crippen LogP) is 2.11. The van der Waals surface area contributed by atoms with E-state index in [1.807, 2.05) is 0 Å². The van der Waals surface area contributed by atoms with Crippen LogP contribution in [0.25, 0.3) is 0 Å². The Balaban J connectivity index is 2.49. The molecule has 0 amide bonds. The van der Waals surface area contributed by atoms with Gasteiger partial charge in [-0.25, -0.2) is 8.42 Å². The number of halogens is 2. The lowest BCUT2D eigenvalue weighted by atomic mass is 10.3. The average molecular weight is 321 g/mol. The van der Waals surface area contributed by atoms with Gasteiger partial charge in [-0.2, -0.15) is 5.10 Å². The largest absolute Gasteiger partial charge is 0.399 e. The lowest BCUT2D eigenvalue weighted by Crippen LogP contribution is -2.16. The van der Waals surface area contributed by atoms with Crippen LogP contribution in [0.1, 0.15) is 0 Å². The second-order valence-corrected chi connectivity index (χ2v) is 6.19. The summed E-state index contributed by atoms with van der Waals surface area (Å²) >= 11 is 11.8. The number of nitrogens with two attached hydrogens (primary N) is 1. The van der Waals surface area contributed by atoms with Crippen LogP contribution in [0.15, 0.2) is 29.3 Å². The van der Waals surface area contributed by atoms with E-state index in [0.717, 1.165) is 0 Å².